The SMILES string of the molecule is CC(=O)c1ccc(C(=O)N2CCC[C@@H]2C(=O)NCCCCCCCCCCC[C@@H]2Cc3cc(O)ccc3[C@H]3CC[C@]4(C)[C@@H](O)CC[C@H]4[C@H]23)cc1. The number of ketones is 1. The van der Waals surface area contributed by atoms with Crippen molar-refractivity contribution in [3.63, 3.8) is 0 Å². The van der Waals surface area contributed by atoms with Crippen LogP contribution in [-0.2, 0) is 11.2 Å². The molecule has 2 saturated carbocycles. The van der Waals surface area contributed by atoms with E-state index in [-0.39, 0.29) is 29.1 Å². The minimum atomic E-state index is -0.419. The lowest BCUT2D eigenvalue weighted by atomic mass is 9.52. The number of phenolic OH excluding ortho intramolecular Hbond substituents is 1. The minimum absolute atomic E-state index is 0.0319. The number of amides is 2. The van der Waals surface area contributed by atoms with Gasteiger partial charge in [0, 0.05) is 24.2 Å². The van der Waals surface area contributed by atoms with Crippen LogP contribution in [0.2, 0.25) is 0 Å². The highest BCUT2D eigenvalue weighted by atomic mass is 16.3. The molecule has 7 atom stereocenters. The van der Waals surface area contributed by atoms with E-state index in [2.05, 4.69) is 18.3 Å². The first-order valence-corrected chi connectivity index (χ1v) is 19.9. The summed E-state index contributed by atoms with van der Waals surface area (Å²) in [6.07, 6.45) is 18.9. The van der Waals surface area contributed by atoms with E-state index >= 15 is 0 Å². The van der Waals surface area contributed by atoms with E-state index in [1.54, 1.807) is 29.2 Å². The van der Waals surface area contributed by atoms with Crippen LogP contribution in [0.3, 0.4) is 0 Å². The van der Waals surface area contributed by atoms with Crippen LogP contribution in [0.4, 0.5) is 0 Å². The molecule has 4 aliphatic rings. The van der Waals surface area contributed by atoms with Crippen molar-refractivity contribution >= 4 is 17.6 Å². The van der Waals surface area contributed by atoms with Crippen LogP contribution in [0.1, 0.15) is 154 Å². The minimum Gasteiger partial charge on any atom is -0.508 e. The number of phenols is 1. The molecule has 2 amide bonds. The van der Waals surface area contributed by atoms with Crippen molar-refractivity contribution < 1.29 is 24.6 Å². The van der Waals surface area contributed by atoms with Gasteiger partial charge < -0.3 is 20.4 Å². The Hall–Kier alpha value is -3.19. The first-order chi connectivity index (χ1) is 24.2. The van der Waals surface area contributed by atoms with Crippen LogP contribution >= 0.6 is 0 Å². The average Bonchev–Trinajstić information content (AvgIpc) is 3.72. The highest BCUT2D eigenvalue weighted by molar-refractivity contribution is 5.99. The number of hydrogen-bond acceptors (Lipinski definition) is 5. The van der Waals surface area contributed by atoms with Gasteiger partial charge >= 0.3 is 0 Å². The van der Waals surface area contributed by atoms with E-state index in [1.165, 1.54) is 69.4 Å². The fraction of sp³-hybridized carbons (Fsp3) is 0.651. The van der Waals surface area contributed by atoms with Gasteiger partial charge in [0.05, 0.1) is 6.10 Å². The van der Waals surface area contributed by atoms with Gasteiger partial charge in [0.2, 0.25) is 5.91 Å². The topological polar surface area (TPSA) is 107 Å². The highest BCUT2D eigenvalue weighted by Crippen LogP contribution is 2.62. The normalized spacial score (nSPS) is 28.5. The molecule has 1 heterocycles. The third-order valence-corrected chi connectivity index (χ3v) is 13.2. The Balaban J connectivity index is 0.848. The summed E-state index contributed by atoms with van der Waals surface area (Å²) < 4.78 is 0. The van der Waals surface area contributed by atoms with Crippen molar-refractivity contribution in [2.75, 3.05) is 13.1 Å². The Kier molecular flexibility index (Phi) is 12.0. The summed E-state index contributed by atoms with van der Waals surface area (Å²) in [5.74, 6) is 2.65. The number of rotatable bonds is 15. The van der Waals surface area contributed by atoms with E-state index in [9.17, 15) is 24.6 Å². The molecule has 50 heavy (non-hydrogen) atoms. The lowest BCUT2D eigenvalue weighted by molar-refractivity contribution is -0.124. The summed E-state index contributed by atoms with van der Waals surface area (Å²) in [7, 11) is 0. The Labute approximate surface area is 299 Å². The zero-order valence-corrected chi connectivity index (χ0v) is 30.5. The number of benzene rings is 2. The van der Waals surface area contributed by atoms with Crippen LogP contribution < -0.4 is 5.32 Å². The quantitative estimate of drug-likeness (QED) is 0.129. The molecule has 3 aliphatic carbocycles. The molecular weight excluding hydrogens is 624 g/mol. The van der Waals surface area contributed by atoms with Crippen LogP contribution in [0.15, 0.2) is 42.5 Å². The second kappa shape index (κ2) is 16.4. The first-order valence-electron chi connectivity index (χ1n) is 19.9. The second-order valence-corrected chi connectivity index (χ2v) is 16.3. The van der Waals surface area contributed by atoms with Crippen molar-refractivity contribution in [2.45, 2.75) is 141 Å². The number of nitrogens with zero attached hydrogens (tertiary/aromatic N) is 1. The van der Waals surface area contributed by atoms with Crippen molar-refractivity contribution in [1.29, 1.82) is 0 Å². The largest absolute Gasteiger partial charge is 0.508 e. The number of aliphatic hydroxyl groups is 1. The van der Waals surface area contributed by atoms with E-state index < -0.39 is 6.04 Å². The van der Waals surface area contributed by atoms with Crippen molar-refractivity contribution in [2.24, 2.45) is 23.2 Å². The standard InChI is InChI=1S/C43H60N2O5/c1-29(46)30-15-17-31(18-16-30)42(50)45-26-12-14-38(45)41(49)44-25-11-9-7-5-3-4-6-8-10-13-32-27-33-28-34(47)19-20-35(33)36-23-24-43(2)37(40(32)36)21-22-39(43)48/h15-20,28,32,36-40,47-48H,3-14,21-27H2,1-2H3,(H,44,49)/t32-,36-,37+,38-,39+,40-,43+/m1/s1. The molecule has 6 rings (SSSR count). The van der Waals surface area contributed by atoms with E-state index in [0.717, 1.165) is 51.4 Å². The number of aliphatic hydroxyl groups excluding tert-OH is 1. The smallest absolute Gasteiger partial charge is 0.254 e. The molecule has 2 aromatic rings. The number of hydrogen-bond donors (Lipinski definition) is 3. The van der Waals surface area contributed by atoms with Crippen LogP contribution in [0, 0.1) is 23.2 Å². The maximum atomic E-state index is 13.1. The molecule has 1 aliphatic heterocycles. The van der Waals surface area contributed by atoms with Crippen LogP contribution in [0.25, 0.3) is 0 Å². The predicted octanol–water partition coefficient (Wildman–Crippen LogP) is 8.36. The number of carbonyl (C=O) groups excluding carboxylic acids is 3. The van der Waals surface area contributed by atoms with Gasteiger partial charge in [-0.15, -0.1) is 0 Å². The summed E-state index contributed by atoms with van der Waals surface area (Å²) in [5.41, 5.74) is 4.00. The Morgan fingerprint density at radius 2 is 1.54 bits per heavy atom. The number of Topliss-reactive ketones (excluding diaryl/α,β-unsaturated/α-hetero) is 1. The van der Waals surface area contributed by atoms with Crippen molar-refractivity contribution in [3.05, 3.63) is 64.7 Å². The Morgan fingerprint density at radius 1 is 0.860 bits per heavy atom. The van der Waals surface area contributed by atoms with Gasteiger partial charge in [0.15, 0.2) is 5.78 Å². The second-order valence-electron chi connectivity index (χ2n) is 16.3. The van der Waals surface area contributed by atoms with Gasteiger partial charge in [0.1, 0.15) is 11.8 Å². The van der Waals surface area contributed by atoms with E-state index in [1.807, 2.05) is 12.1 Å². The summed E-state index contributed by atoms with van der Waals surface area (Å²) in [4.78, 5) is 39.3. The van der Waals surface area contributed by atoms with E-state index in [4.69, 9.17) is 0 Å². The monoisotopic (exact) mass is 684 g/mol. The number of fused-ring (bicyclic) bond motifs is 5. The molecule has 0 unspecified atom stereocenters. The summed E-state index contributed by atoms with van der Waals surface area (Å²) >= 11 is 0. The number of nitrogens with one attached hydrogen (secondary N) is 1. The van der Waals surface area contributed by atoms with Gasteiger partial charge in [-0.3, -0.25) is 14.4 Å². The number of aromatic hydroxyl groups is 1. The molecule has 0 spiro atoms. The van der Waals surface area contributed by atoms with Gasteiger partial charge in [0.25, 0.3) is 5.91 Å². The Bertz CT molecular complexity index is 1490. The summed E-state index contributed by atoms with van der Waals surface area (Å²) in [5, 5.41) is 24.3. The predicted molar refractivity (Wildman–Crippen MR) is 197 cm³/mol. The maximum absolute atomic E-state index is 13.1. The summed E-state index contributed by atoms with van der Waals surface area (Å²) in [6.45, 7) is 5.10. The van der Waals surface area contributed by atoms with Gasteiger partial charge in [-0.1, -0.05) is 76.5 Å². The highest BCUT2D eigenvalue weighted by Gasteiger charge is 2.56. The summed E-state index contributed by atoms with van der Waals surface area (Å²) in [6, 6.07) is 12.4. The first kappa shape index (κ1) is 36.6. The van der Waals surface area contributed by atoms with Crippen molar-refractivity contribution in [1.82, 2.24) is 10.2 Å². The number of unbranched alkanes of at least 4 members (excludes halogenated alkanes) is 8. The molecule has 0 aromatic heterocycles. The number of likely N-dealkylation sites (tertiary alicyclic amines) is 1. The molecule has 0 radical (unpaired) electrons. The third-order valence-electron chi connectivity index (χ3n) is 13.2. The van der Waals surface area contributed by atoms with Crippen molar-refractivity contribution in [3.8, 4) is 5.75 Å². The van der Waals surface area contributed by atoms with E-state index in [0.29, 0.717) is 60.1 Å². The Morgan fingerprint density at radius 3 is 2.26 bits per heavy atom. The third kappa shape index (κ3) is 7.98. The average molecular weight is 685 g/mol. The van der Waals surface area contributed by atoms with Crippen LogP contribution in [-0.4, -0.2) is 57.9 Å². The molecule has 0 bridgehead atoms. The van der Waals surface area contributed by atoms with Gasteiger partial charge in [-0.2, -0.15) is 0 Å². The van der Waals surface area contributed by atoms with Gasteiger partial charge in [-0.25, -0.2) is 0 Å². The van der Waals surface area contributed by atoms with Gasteiger partial charge in [-0.05, 0) is 129 Å². The fourth-order valence-electron chi connectivity index (χ4n) is 10.4. The molecule has 3 N–H and O–H groups in total. The van der Waals surface area contributed by atoms with Crippen LogP contribution in [0.5, 0.6) is 5.75 Å². The molecule has 272 valence electrons. The lowest BCUT2D eigenvalue weighted by Crippen LogP contribution is -2.47. The molecule has 2 aromatic carbocycles. The lowest BCUT2D eigenvalue weighted by Gasteiger charge is -2.53. The molecule has 7 nitrogen and oxygen atoms in total. The zero-order chi connectivity index (χ0) is 35.3. The molecular formula is C43H60N2O5. The number of carbonyl (C=O) groups is 3. The molecule has 7 heteroatoms. The molecule has 3 fully saturated rings. The molecule has 1 saturated heterocycles. The maximum Gasteiger partial charge on any atom is 0.254 e. The zero-order valence-electron chi connectivity index (χ0n) is 30.5. The fourth-order valence-corrected chi connectivity index (χ4v) is 10.4.